The summed E-state index contributed by atoms with van der Waals surface area (Å²) in [4.78, 5) is 33.8. The first kappa shape index (κ1) is 17.2. The quantitative estimate of drug-likeness (QED) is 0.532. The number of hydrogen-bond donors (Lipinski definition) is 4. The van der Waals surface area contributed by atoms with E-state index in [4.69, 9.17) is 10.8 Å². The predicted octanol–water partition coefficient (Wildman–Crippen LogP) is 0.295. The Labute approximate surface area is 112 Å². The van der Waals surface area contributed by atoms with Crippen molar-refractivity contribution in [1.29, 1.82) is 0 Å². The lowest BCUT2D eigenvalue weighted by Gasteiger charge is -2.22. The van der Waals surface area contributed by atoms with Gasteiger partial charge in [-0.25, -0.2) is 9.59 Å². The van der Waals surface area contributed by atoms with Crippen LogP contribution in [0.5, 0.6) is 0 Å². The summed E-state index contributed by atoms with van der Waals surface area (Å²) in [6, 6.07) is -2.51. The Morgan fingerprint density at radius 2 is 1.63 bits per heavy atom. The molecule has 110 valence electrons. The number of nitrogens with two attached hydrogens (primary N) is 1. The van der Waals surface area contributed by atoms with Crippen molar-refractivity contribution in [2.45, 2.75) is 46.2 Å². The van der Waals surface area contributed by atoms with E-state index in [1.54, 1.807) is 13.8 Å². The number of amides is 3. The van der Waals surface area contributed by atoms with Crippen molar-refractivity contribution in [3.05, 3.63) is 0 Å². The third-order valence-corrected chi connectivity index (χ3v) is 2.57. The van der Waals surface area contributed by atoms with Gasteiger partial charge in [-0.15, -0.1) is 0 Å². The zero-order chi connectivity index (χ0) is 15.2. The first-order chi connectivity index (χ1) is 8.65. The fraction of sp³-hybridized carbons (Fsp3) is 0.750. The molecule has 0 aromatic carbocycles. The topological polar surface area (TPSA) is 122 Å². The lowest BCUT2D eigenvalue weighted by Crippen LogP contribution is -2.54. The van der Waals surface area contributed by atoms with Crippen LogP contribution in [0.1, 0.15) is 34.1 Å². The van der Waals surface area contributed by atoms with Crippen molar-refractivity contribution in [3.63, 3.8) is 0 Å². The maximum absolute atomic E-state index is 11.7. The third kappa shape index (κ3) is 6.64. The largest absolute Gasteiger partial charge is 0.480 e. The number of rotatable bonds is 7. The number of carbonyl (C=O) groups excluding carboxylic acids is 2. The Bertz CT molecular complexity index is 342. The van der Waals surface area contributed by atoms with Crippen LogP contribution in [0.4, 0.5) is 4.79 Å². The second kappa shape index (κ2) is 7.60. The van der Waals surface area contributed by atoms with Crippen LogP contribution >= 0.6 is 0 Å². The number of aliphatic carboxylic acids is 1. The van der Waals surface area contributed by atoms with Crippen molar-refractivity contribution in [1.82, 2.24) is 10.6 Å². The average molecular weight is 273 g/mol. The molecule has 3 amide bonds. The van der Waals surface area contributed by atoms with Gasteiger partial charge >= 0.3 is 12.0 Å². The number of carboxylic acids is 1. The molecule has 0 saturated heterocycles. The van der Waals surface area contributed by atoms with Gasteiger partial charge in [-0.2, -0.15) is 0 Å². The molecule has 19 heavy (non-hydrogen) atoms. The van der Waals surface area contributed by atoms with Crippen LogP contribution in [-0.4, -0.2) is 35.1 Å². The van der Waals surface area contributed by atoms with E-state index in [0.29, 0.717) is 6.42 Å². The van der Waals surface area contributed by atoms with Crippen LogP contribution in [0, 0.1) is 11.8 Å². The smallest absolute Gasteiger partial charge is 0.326 e. The highest BCUT2D eigenvalue weighted by molar-refractivity contribution is 5.88. The molecule has 0 saturated carbocycles. The fourth-order valence-corrected chi connectivity index (χ4v) is 1.60. The summed E-state index contributed by atoms with van der Waals surface area (Å²) >= 11 is 0. The molecule has 0 rings (SSSR count). The van der Waals surface area contributed by atoms with Gasteiger partial charge in [0.1, 0.15) is 12.1 Å². The zero-order valence-corrected chi connectivity index (χ0v) is 11.8. The molecular weight excluding hydrogens is 250 g/mol. The van der Waals surface area contributed by atoms with Gasteiger partial charge in [0.15, 0.2) is 0 Å². The Morgan fingerprint density at radius 3 is 1.95 bits per heavy atom. The molecule has 1 unspecified atom stereocenters. The van der Waals surface area contributed by atoms with E-state index in [0.717, 1.165) is 0 Å². The van der Waals surface area contributed by atoms with Gasteiger partial charge < -0.3 is 21.5 Å². The summed E-state index contributed by atoms with van der Waals surface area (Å²) in [6.45, 7) is 7.18. The van der Waals surface area contributed by atoms with Gasteiger partial charge in [0.05, 0.1) is 0 Å². The molecule has 0 aliphatic rings. The van der Waals surface area contributed by atoms with Gasteiger partial charge in [-0.3, -0.25) is 4.79 Å². The molecule has 0 radical (unpaired) electrons. The number of urea groups is 1. The Balaban J connectivity index is 4.56. The van der Waals surface area contributed by atoms with E-state index >= 15 is 0 Å². The van der Waals surface area contributed by atoms with Crippen molar-refractivity contribution in [2.75, 3.05) is 0 Å². The first-order valence-electron chi connectivity index (χ1n) is 6.24. The molecule has 0 aromatic rings. The fourth-order valence-electron chi connectivity index (χ4n) is 1.60. The van der Waals surface area contributed by atoms with Crippen LogP contribution in [0.3, 0.4) is 0 Å². The summed E-state index contributed by atoms with van der Waals surface area (Å²) in [5.74, 6) is -1.81. The van der Waals surface area contributed by atoms with Crippen LogP contribution in [0.15, 0.2) is 0 Å². The van der Waals surface area contributed by atoms with Crippen molar-refractivity contribution in [2.24, 2.45) is 17.6 Å². The lowest BCUT2D eigenvalue weighted by atomic mass is 10.0. The van der Waals surface area contributed by atoms with Gasteiger partial charge in [-0.05, 0) is 18.3 Å². The Morgan fingerprint density at radius 1 is 1.11 bits per heavy atom. The Kier molecular flexibility index (Phi) is 6.89. The lowest BCUT2D eigenvalue weighted by molar-refractivity contribution is -0.139. The molecular formula is C12H23N3O4. The minimum absolute atomic E-state index is 0.124. The number of hydrogen-bond acceptors (Lipinski definition) is 3. The molecule has 0 aliphatic heterocycles. The summed E-state index contributed by atoms with van der Waals surface area (Å²) in [7, 11) is 0. The van der Waals surface area contributed by atoms with Crippen LogP contribution in [0.25, 0.3) is 0 Å². The maximum atomic E-state index is 11.7. The Hall–Kier alpha value is -1.79. The van der Waals surface area contributed by atoms with E-state index in [1.807, 2.05) is 13.8 Å². The number of primary amides is 1. The second-order valence-electron chi connectivity index (χ2n) is 5.26. The van der Waals surface area contributed by atoms with Crippen molar-refractivity contribution < 1.29 is 19.5 Å². The summed E-state index contributed by atoms with van der Waals surface area (Å²) in [5, 5.41) is 13.7. The molecule has 0 aliphatic carbocycles. The SMILES string of the molecule is CC(C)C[C@@H](NC(=O)NC(C(N)=O)C(C)C)C(=O)O. The van der Waals surface area contributed by atoms with Crippen molar-refractivity contribution in [3.8, 4) is 0 Å². The van der Waals surface area contributed by atoms with E-state index < -0.39 is 30.0 Å². The van der Waals surface area contributed by atoms with Crippen LogP contribution in [-0.2, 0) is 9.59 Å². The minimum atomic E-state index is -1.11. The maximum Gasteiger partial charge on any atom is 0.326 e. The van der Waals surface area contributed by atoms with Gasteiger partial charge in [0.25, 0.3) is 0 Å². The molecule has 0 spiro atoms. The van der Waals surface area contributed by atoms with E-state index in [2.05, 4.69) is 10.6 Å². The monoisotopic (exact) mass is 273 g/mol. The molecule has 5 N–H and O–H groups in total. The molecule has 2 atom stereocenters. The standard InChI is InChI=1S/C12H23N3O4/c1-6(2)5-8(11(17)18)14-12(19)15-9(7(3)4)10(13)16/h6-9H,5H2,1-4H3,(H2,13,16)(H,17,18)(H2,14,15,19)/t8-,9?/m1/s1. The molecule has 0 fully saturated rings. The highest BCUT2D eigenvalue weighted by atomic mass is 16.4. The molecule has 0 heterocycles. The summed E-state index contributed by atoms with van der Waals surface area (Å²) in [6.07, 6.45) is 0.311. The molecule has 7 heteroatoms. The molecule has 7 nitrogen and oxygen atoms in total. The normalized spacial score (nSPS) is 14.0. The number of nitrogens with one attached hydrogen (secondary N) is 2. The highest BCUT2D eigenvalue weighted by Gasteiger charge is 2.25. The van der Waals surface area contributed by atoms with Gasteiger partial charge in [0, 0.05) is 0 Å². The van der Waals surface area contributed by atoms with Crippen LogP contribution in [0.2, 0.25) is 0 Å². The van der Waals surface area contributed by atoms with Crippen molar-refractivity contribution >= 4 is 17.9 Å². The van der Waals surface area contributed by atoms with Gasteiger partial charge in [-0.1, -0.05) is 27.7 Å². The van der Waals surface area contributed by atoms with E-state index in [1.165, 1.54) is 0 Å². The van der Waals surface area contributed by atoms with E-state index in [-0.39, 0.29) is 11.8 Å². The zero-order valence-electron chi connectivity index (χ0n) is 11.8. The van der Waals surface area contributed by atoms with Gasteiger partial charge in [0.2, 0.25) is 5.91 Å². The predicted molar refractivity (Wildman–Crippen MR) is 70.4 cm³/mol. The highest BCUT2D eigenvalue weighted by Crippen LogP contribution is 2.05. The molecule has 0 aromatic heterocycles. The first-order valence-corrected chi connectivity index (χ1v) is 6.24. The number of carboxylic acid groups (broad SMARTS) is 1. The minimum Gasteiger partial charge on any atom is -0.480 e. The molecule has 0 bridgehead atoms. The third-order valence-electron chi connectivity index (χ3n) is 2.57. The van der Waals surface area contributed by atoms with Crippen LogP contribution < -0.4 is 16.4 Å². The average Bonchev–Trinajstić information content (AvgIpc) is 2.23. The second-order valence-corrected chi connectivity index (χ2v) is 5.26. The number of carbonyl (C=O) groups is 3. The summed E-state index contributed by atoms with van der Waals surface area (Å²) in [5.41, 5.74) is 5.16. The van der Waals surface area contributed by atoms with E-state index in [9.17, 15) is 14.4 Å². The summed E-state index contributed by atoms with van der Waals surface area (Å²) < 4.78 is 0.